The monoisotopic (exact) mass is 447 g/mol. The highest BCUT2D eigenvalue weighted by Gasteiger charge is 2.48. The van der Waals surface area contributed by atoms with E-state index in [2.05, 4.69) is 0 Å². The van der Waals surface area contributed by atoms with Crippen LogP contribution in [-0.2, 0) is 15.8 Å². The van der Waals surface area contributed by atoms with Crippen LogP contribution in [0.3, 0.4) is 0 Å². The van der Waals surface area contributed by atoms with E-state index in [9.17, 15) is 27.9 Å². The number of hydrogen-bond acceptors (Lipinski definition) is 4. The Bertz CT molecular complexity index is 1180. The zero-order valence-electron chi connectivity index (χ0n) is 15.6. The lowest BCUT2D eigenvalue weighted by molar-refractivity contribution is -0.137. The molecule has 0 radical (unpaired) electrons. The molecule has 2 heterocycles. The number of alkyl halides is 3. The van der Waals surface area contributed by atoms with Gasteiger partial charge in [-0.15, -0.1) is 0 Å². The normalized spacial score (nSPS) is 18.6. The average Bonchev–Trinajstić information content (AvgIpc) is 3.35. The molecule has 0 spiro atoms. The predicted octanol–water partition coefficient (Wildman–Crippen LogP) is 5.58. The van der Waals surface area contributed by atoms with Gasteiger partial charge in [0.2, 0.25) is 0 Å². The van der Waals surface area contributed by atoms with Crippen LogP contribution in [0.2, 0.25) is 5.02 Å². The van der Waals surface area contributed by atoms with E-state index < -0.39 is 35.2 Å². The third-order valence-corrected chi connectivity index (χ3v) is 5.08. The molecule has 9 heteroatoms. The minimum absolute atomic E-state index is 0.104. The first-order valence-corrected chi connectivity index (χ1v) is 9.34. The van der Waals surface area contributed by atoms with Gasteiger partial charge in [-0.25, -0.2) is 0 Å². The van der Waals surface area contributed by atoms with Crippen LogP contribution in [-0.4, -0.2) is 16.8 Å². The van der Waals surface area contributed by atoms with Crippen LogP contribution >= 0.6 is 11.6 Å². The van der Waals surface area contributed by atoms with E-state index in [1.54, 1.807) is 0 Å². The molecule has 2 aromatic carbocycles. The van der Waals surface area contributed by atoms with Gasteiger partial charge in [0.25, 0.3) is 11.7 Å². The minimum Gasteiger partial charge on any atom is -0.507 e. The number of rotatable bonds is 3. The zero-order chi connectivity index (χ0) is 22.3. The maximum Gasteiger partial charge on any atom is 0.416 e. The number of carbonyl (C=O) groups excluding carboxylic acids is 2. The third kappa shape index (κ3) is 3.70. The Labute approximate surface area is 179 Å². The lowest BCUT2D eigenvalue weighted by Crippen LogP contribution is -2.29. The molecule has 0 saturated carbocycles. The van der Waals surface area contributed by atoms with Gasteiger partial charge in [-0.1, -0.05) is 17.7 Å². The standard InChI is InChI=1S/C22H13ClF3NO4/c23-14-8-6-12(7-9-14)19(28)17-18(16-5-2-10-31-16)27(21(30)20(17)29)15-4-1-3-13(11-15)22(24,25)26/h1-11,18,28H/b19-17-. The van der Waals surface area contributed by atoms with Gasteiger partial charge >= 0.3 is 6.18 Å². The molecule has 0 bridgehead atoms. The molecule has 1 aliphatic rings. The van der Waals surface area contributed by atoms with Crippen molar-refractivity contribution in [2.45, 2.75) is 12.2 Å². The first-order chi connectivity index (χ1) is 14.7. The highest BCUT2D eigenvalue weighted by molar-refractivity contribution is 6.51. The predicted molar refractivity (Wildman–Crippen MR) is 106 cm³/mol. The SMILES string of the molecule is O=C1C(=O)N(c2cccc(C(F)(F)F)c2)C(c2ccco2)/C1=C(/O)c1ccc(Cl)cc1. The van der Waals surface area contributed by atoms with Crippen molar-refractivity contribution in [1.29, 1.82) is 0 Å². The third-order valence-electron chi connectivity index (χ3n) is 4.83. The number of nitrogens with zero attached hydrogens (tertiary/aromatic N) is 1. The number of Topliss-reactive ketones (excluding diaryl/α,β-unsaturated/α-hetero) is 1. The number of ketones is 1. The van der Waals surface area contributed by atoms with E-state index in [0.717, 1.165) is 23.1 Å². The van der Waals surface area contributed by atoms with Gasteiger partial charge in [0.1, 0.15) is 17.6 Å². The first-order valence-electron chi connectivity index (χ1n) is 8.96. The molecule has 158 valence electrons. The highest BCUT2D eigenvalue weighted by Crippen LogP contribution is 2.43. The van der Waals surface area contributed by atoms with Gasteiger partial charge < -0.3 is 9.52 Å². The topological polar surface area (TPSA) is 70.8 Å². The summed E-state index contributed by atoms with van der Waals surface area (Å²) in [7, 11) is 0. The number of aliphatic hydroxyl groups excluding tert-OH is 1. The molecular formula is C22H13ClF3NO4. The second-order valence-electron chi connectivity index (χ2n) is 6.74. The Morgan fingerprint density at radius 1 is 1.03 bits per heavy atom. The van der Waals surface area contributed by atoms with Gasteiger partial charge in [-0.3, -0.25) is 14.5 Å². The number of halogens is 4. The van der Waals surface area contributed by atoms with Crippen molar-refractivity contribution in [2.24, 2.45) is 0 Å². The zero-order valence-corrected chi connectivity index (χ0v) is 16.3. The molecule has 1 aromatic heterocycles. The molecule has 5 nitrogen and oxygen atoms in total. The fraction of sp³-hybridized carbons (Fsp3) is 0.0909. The molecular weight excluding hydrogens is 435 g/mol. The van der Waals surface area contributed by atoms with Gasteiger partial charge in [0.05, 0.1) is 17.4 Å². The van der Waals surface area contributed by atoms with E-state index in [1.165, 1.54) is 48.7 Å². The molecule has 1 atom stereocenters. The maximum absolute atomic E-state index is 13.2. The summed E-state index contributed by atoms with van der Waals surface area (Å²) in [5, 5.41) is 11.2. The molecule has 1 unspecified atom stereocenters. The quantitative estimate of drug-likeness (QED) is 0.323. The molecule has 1 saturated heterocycles. The number of carbonyl (C=O) groups is 2. The van der Waals surface area contributed by atoms with Crippen LogP contribution < -0.4 is 4.90 Å². The summed E-state index contributed by atoms with van der Waals surface area (Å²) in [6.45, 7) is 0. The van der Waals surface area contributed by atoms with E-state index >= 15 is 0 Å². The average molecular weight is 448 g/mol. The Balaban J connectivity index is 1.91. The molecule has 1 fully saturated rings. The number of anilines is 1. The summed E-state index contributed by atoms with van der Waals surface area (Å²) in [6, 6.07) is 11.6. The fourth-order valence-corrected chi connectivity index (χ4v) is 3.54. The van der Waals surface area contributed by atoms with Gasteiger partial charge in [0, 0.05) is 16.3 Å². The molecule has 4 rings (SSSR count). The van der Waals surface area contributed by atoms with E-state index in [4.69, 9.17) is 16.0 Å². The van der Waals surface area contributed by atoms with Crippen molar-refractivity contribution in [3.63, 3.8) is 0 Å². The lowest BCUT2D eigenvalue weighted by Gasteiger charge is -2.24. The first kappa shape index (κ1) is 20.7. The maximum atomic E-state index is 13.2. The van der Waals surface area contributed by atoms with Crippen molar-refractivity contribution in [3.8, 4) is 0 Å². The molecule has 1 aliphatic heterocycles. The summed E-state index contributed by atoms with van der Waals surface area (Å²) in [4.78, 5) is 26.6. The number of aliphatic hydroxyl groups is 1. The van der Waals surface area contributed by atoms with Crippen LogP contribution in [0.5, 0.6) is 0 Å². The Morgan fingerprint density at radius 3 is 2.35 bits per heavy atom. The Kier molecular flexibility index (Phi) is 5.10. The van der Waals surface area contributed by atoms with Crippen molar-refractivity contribution < 1.29 is 32.3 Å². The smallest absolute Gasteiger partial charge is 0.416 e. The number of hydrogen-bond donors (Lipinski definition) is 1. The van der Waals surface area contributed by atoms with Crippen LogP contribution in [0.25, 0.3) is 5.76 Å². The molecule has 0 aliphatic carbocycles. The molecule has 1 N–H and O–H groups in total. The van der Waals surface area contributed by atoms with Crippen LogP contribution in [0.4, 0.5) is 18.9 Å². The van der Waals surface area contributed by atoms with Crippen LogP contribution in [0, 0.1) is 0 Å². The number of furan rings is 1. The van der Waals surface area contributed by atoms with Crippen molar-refractivity contribution in [2.75, 3.05) is 4.90 Å². The van der Waals surface area contributed by atoms with E-state index in [-0.39, 0.29) is 22.6 Å². The molecule has 3 aromatic rings. The van der Waals surface area contributed by atoms with Crippen LogP contribution in [0.15, 0.2) is 76.9 Å². The summed E-state index contributed by atoms with van der Waals surface area (Å²) in [5.74, 6) is -2.53. The van der Waals surface area contributed by atoms with Gasteiger partial charge in [-0.2, -0.15) is 13.2 Å². The largest absolute Gasteiger partial charge is 0.507 e. The fourth-order valence-electron chi connectivity index (χ4n) is 3.41. The second-order valence-corrected chi connectivity index (χ2v) is 7.18. The minimum atomic E-state index is -4.65. The number of amides is 1. The lowest BCUT2D eigenvalue weighted by atomic mass is 9.99. The number of benzene rings is 2. The van der Waals surface area contributed by atoms with Crippen molar-refractivity contribution in [1.82, 2.24) is 0 Å². The summed E-state index contributed by atoms with van der Waals surface area (Å²) in [6.07, 6.45) is -3.35. The Hall–Kier alpha value is -3.52. The Morgan fingerprint density at radius 2 is 1.74 bits per heavy atom. The van der Waals surface area contributed by atoms with E-state index in [0.29, 0.717) is 5.02 Å². The summed E-state index contributed by atoms with van der Waals surface area (Å²) >= 11 is 5.86. The van der Waals surface area contributed by atoms with Gasteiger partial charge in [0.15, 0.2) is 0 Å². The molecule has 1 amide bonds. The van der Waals surface area contributed by atoms with Gasteiger partial charge in [-0.05, 0) is 54.6 Å². The van der Waals surface area contributed by atoms with Crippen molar-refractivity contribution >= 4 is 34.7 Å². The summed E-state index contributed by atoms with van der Waals surface area (Å²) < 4.78 is 45.0. The highest BCUT2D eigenvalue weighted by atomic mass is 35.5. The second kappa shape index (κ2) is 7.63. The van der Waals surface area contributed by atoms with E-state index in [1.807, 2.05) is 0 Å². The van der Waals surface area contributed by atoms with Crippen molar-refractivity contribution in [3.05, 3.63) is 94.4 Å². The van der Waals surface area contributed by atoms with Crippen LogP contribution in [0.1, 0.15) is 22.9 Å². The summed E-state index contributed by atoms with van der Waals surface area (Å²) in [5.41, 5.74) is -1.24. The molecule has 31 heavy (non-hydrogen) atoms.